The van der Waals surface area contributed by atoms with Crippen LogP contribution in [0.15, 0.2) is 71.5 Å². The van der Waals surface area contributed by atoms with Crippen LogP contribution in [0.5, 0.6) is 0 Å². The zero-order chi connectivity index (χ0) is 18.9. The van der Waals surface area contributed by atoms with Crippen molar-refractivity contribution in [3.05, 3.63) is 78.6 Å². The summed E-state index contributed by atoms with van der Waals surface area (Å²) in [5, 5.41) is 8.65. The average Bonchev–Trinajstić information content (AvgIpc) is 3.41. The average molecular weight is 372 g/mol. The molecular formula is C22H20N4O2. The lowest BCUT2D eigenvalue weighted by Crippen LogP contribution is -2.39. The fourth-order valence-corrected chi connectivity index (χ4v) is 3.97. The topological polar surface area (TPSA) is 63.6 Å². The van der Waals surface area contributed by atoms with Gasteiger partial charge in [-0.3, -0.25) is 9.20 Å². The molecule has 0 bridgehead atoms. The summed E-state index contributed by atoms with van der Waals surface area (Å²) in [5.74, 6) is 1.40. The van der Waals surface area contributed by atoms with Gasteiger partial charge in [-0.1, -0.05) is 36.4 Å². The Hall–Kier alpha value is -3.41. The van der Waals surface area contributed by atoms with Crippen molar-refractivity contribution < 1.29 is 9.21 Å². The van der Waals surface area contributed by atoms with Crippen molar-refractivity contribution in [2.24, 2.45) is 0 Å². The van der Waals surface area contributed by atoms with Crippen molar-refractivity contribution in [1.82, 2.24) is 19.5 Å². The lowest BCUT2D eigenvalue weighted by molar-refractivity contribution is 0.0673. The summed E-state index contributed by atoms with van der Waals surface area (Å²) < 4.78 is 7.62. The maximum absolute atomic E-state index is 13.2. The van der Waals surface area contributed by atoms with E-state index in [1.54, 1.807) is 6.26 Å². The fraction of sp³-hybridized carbons (Fsp3) is 0.227. The smallest absolute Gasteiger partial charge is 0.290 e. The van der Waals surface area contributed by atoms with Crippen LogP contribution in [0.1, 0.15) is 35.1 Å². The van der Waals surface area contributed by atoms with Crippen LogP contribution in [0.2, 0.25) is 0 Å². The molecule has 1 aromatic carbocycles. The highest BCUT2D eigenvalue weighted by Crippen LogP contribution is 2.30. The van der Waals surface area contributed by atoms with Gasteiger partial charge in [-0.15, -0.1) is 10.2 Å². The lowest BCUT2D eigenvalue weighted by atomic mass is 9.96. The molecule has 0 saturated carbocycles. The van der Waals surface area contributed by atoms with Gasteiger partial charge in [0, 0.05) is 30.8 Å². The molecule has 1 saturated heterocycles. The summed E-state index contributed by atoms with van der Waals surface area (Å²) in [7, 11) is 0. The molecule has 1 aliphatic heterocycles. The number of furan rings is 1. The Balaban J connectivity index is 1.42. The summed E-state index contributed by atoms with van der Waals surface area (Å²) in [6.07, 6.45) is 5.48. The quantitative estimate of drug-likeness (QED) is 0.545. The molecule has 28 heavy (non-hydrogen) atoms. The minimum absolute atomic E-state index is 0.0672. The van der Waals surface area contributed by atoms with Gasteiger partial charge in [-0.05, 0) is 36.6 Å². The second kappa shape index (κ2) is 6.96. The number of benzene rings is 1. The zero-order valence-electron chi connectivity index (χ0n) is 15.4. The Morgan fingerprint density at radius 2 is 1.89 bits per heavy atom. The summed E-state index contributed by atoms with van der Waals surface area (Å²) in [6.45, 7) is 1.34. The number of likely N-dealkylation sites (tertiary alicyclic amines) is 1. The maximum Gasteiger partial charge on any atom is 0.290 e. The van der Waals surface area contributed by atoms with E-state index in [0.717, 1.165) is 42.0 Å². The van der Waals surface area contributed by atoms with Crippen molar-refractivity contribution in [3.63, 3.8) is 0 Å². The first-order valence-electron chi connectivity index (χ1n) is 9.53. The molecule has 5 rings (SSSR count). The molecule has 140 valence electrons. The molecule has 0 N–H and O–H groups in total. The van der Waals surface area contributed by atoms with E-state index in [0.29, 0.717) is 12.3 Å². The van der Waals surface area contributed by atoms with Gasteiger partial charge in [-0.2, -0.15) is 0 Å². The van der Waals surface area contributed by atoms with Gasteiger partial charge in [-0.25, -0.2) is 0 Å². The van der Waals surface area contributed by atoms with Crippen molar-refractivity contribution in [1.29, 1.82) is 0 Å². The largest absolute Gasteiger partial charge is 0.459 e. The van der Waals surface area contributed by atoms with E-state index in [1.165, 1.54) is 0 Å². The van der Waals surface area contributed by atoms with Gasteiger partial charge < -0.3 is 9.32 Å². The molecule has 0 spiro atoms. The lowest BCUT2D eigenvalue weighted by Gasteiger charge is -2.31. The highest BCUT2D eigenvalue weighted by Gasteiger charge is 2.30. The molecule has 1 atom stereocenters. The molecule has 6 heteroatoms. The number of fused-ring (bicyclic) bond motifs is 1. The molecule has 1 fully saturated rings. The molecule has 0 aliphatic carbocycles. The Morgan fingerprint density at radius 1 is 1.04 bits per heavy atom. The number of hydrogen-bond donors (Lipinski definition) is 0. The van der Waals surface area contributed by atoms with E-state index in [1.807, 2.05) is 70.1 Å². The van der Waals surface area contributed by atoms with Crippen LogP contribution in [-0.4, -0.2) is 38.5 Å². The van der Waals surface area contributed by atoms with E-state index in [-0.39, 0.29) is 11.8 Å². The maximum atomic E-state index is 13.2. The predicted octanol–water partition coefficient (Wildman–Crippen LogP) is 4.01. The number of carbonyl (C=O) groups excluding carboxylic acids is 1. The molecule has 4 heterocycles. The Morgan fingerprint density at radius 3 is 2.79 bits per heavy atom. The number of pyridine rings is 1. The first-order chi connectivity index (χ1) is 13.8. The molecule has 6 nitrogen and oxygen atoms in total. The van der Waals surface area contributed by atoms with Crippen molar-refractivity contribution in [3.8, 4) is 11.1 Å². The van der Waals surface area contributed by atoms with E-state index < -0.39 is 0 Å². The van der Waals surface area contributed by atoms with Gasteiger partial charge in [0.1, 0.15) is 5.82 Å². The number of rotatable bonds is 3. The fourth-order valence-electron chi connectivity index (χ4n) is 3.97. The number of aromatic nitrogens is 3. The van der Waals surface area contributed by atoms with Crippen LogP contribution in [0.4, 0.5) is 0 Å². The van der Waals surface area contributed by atoms with Gasteiger partial charge in [0.15, 0.2) is 11.4 Å². The van der Waals surface area contributed by atoms with Gasteiger partial charge in [0.25, 0.3) is 5.91 Å². The second-order valence-electron chi connectivity index (χ2n) is 7.11. The summed E-state index contributed by atoms with van der Waals surface area (Å²) in [6, 6.07) is 17.6. The van der Waals surface area contributed by atoms with Gasteiger partial charge >= 0.3 is 0 Å². The summed E-state index contributed by atoms with van der Waals surface area (Å²) in [4.78, 5) is 15.1. The van der Waals surface area contributed by atoms with E-state index >= 15 is 0 Å². The molecular weight excluding hydrogens is 352 g/mol. The molecule has 1 aliphatic rings. The molecule has 0 radical (unpaired) electrons. The van der Waals surface area contributed by atoms with E-state index in [2.05, 4.69) is 10.2 Å². The number of amides is 1. The van der Waals surface area contributed by atoms with Crippen molar-refractivity contribution in [2.45, 2.75) is 18.8 Å². The number of piperidine rings is 1. The molecule has 4 aromatic rings. The van der Waals surface area contributed by atoms with Gasteiger partial charge in [0.2, 0.25) is 0 Å². The second-order valence-corrected chi connectivity index (χ2v) is 7.11. The van der Waals surface area contributed by atoms with Crippen LogP contribution >= 0.6 is 0 Å². The first kappa shape index (κ1) is 16.7. The van der Waals surface area contributed by atoms with Gasteiger partial charge in [0.05, 0.1) is 6.26 Å². The first-order valence-corrected chi connectivity index (χ1v) is 9.53. The Labute approximate surface area is 162 Å². The minimum Gasteiger partial charge on any atom is -0.459 e. The Kier molecular flexibility index (Phi) is 4.16. The zero-order valence-corrected chi connectivity index (χ0v) is 15.4. The third-order valence-electron chi connectivity index (χ3n) is 5.36. The standard InChI is InChI=1S/C22H20N4O2/c27-22(20-18(11-14-28-20)16-7-2-1-3-8-16)25-12-6-9-17(15-25)21-24-23-19-10-4-5-13-26(19)21/h1-5,7-8,10-11,13-14,17H,6,9,12,15H2. The van der Waals surface area contributed by atoms with Crippen LogP contribution in [0, 0.1) is 0 Å². The molecule has 3 aromatic heterocycles. The van der Waals surface area contributed by atoms with Crippen LogP contribution < -0.4 is 0 Å². The molecule has 1 unspecified atom stereocenters. The molecule has 1 amide bonds. The highest BCUT2D eigenvalue weighted by molar-refractivity contribution is 5.98. The van der Waals surface area contributed by atoms with Crippen LogP contribution in [0.3, 0.4) is 0 Å². The SMILES string of the molecule is O=C(c1occc1-c1ccccc1)N1CCCC(c2nnc3ccccn23)C1. The third kappa shape index (κ3) is 2.87. The van der Waals surface area contributed by atoms with Crippen LogP contribution in [-0.2, 0) is 0 Å². The number of nitrogens with zero attached hydrogens (tertiary/aromatic N) is 4. The number of hydrogen-bond acceptors (Lipinski definition) is 4. The third-order valence-corrected chi connectivity index (χ3v) is 5.36. The monoisotopic (exact) mass is 372 g/mol. The van der Waals surface area contributed by atoms with E-state index in [9.17, 15) is 4.79 Å². The minimum atomic E-state index is -0.0672. The van der Waals surface area contributed by atoms with Crippen molar-refractivity contribution in [2.75, 3.05) is 13.1 Å². The number of carbonyl (C=O) groups is 1. The summed E-state index contributed by atoms with van der Waals surface area (Å²) >= 11 is 0. The van der Waals surface area contributed by atoms with Crippen molar-refractivity contribution >= 4 is 11.6 Å². The van der Waals surface area contributed by atoms with Crippen LogP contribution in [0.25, 0.3) is 16.8 Å². The summed E-state index contributed by atoms with van der Waals surface area (Å²) in [5.41, 5.74) is 2.65. The predicted molar refractivity (Wildman–Crippen MR) is 105 cm³/mol. The van der Waals surface area contributed by atoms with E-state index in [4.69, 9.17) is 4.42 Å². The Bertz CT molecular complexity index is 1120. The highest BCUT2D eigenvalue weighted by atomic mass is 16.3. The normalized spacial score (nSPS) is 17.1.